The van der Waals surface area contributed by atoms with Crippen molar-refractivity contribution in [3.8, 4) is 5.75 Å². The molecule has 3 atom stereocenters. The topological polar surface area (TPSA) is 50.8 Å². The van der Waals surface area contributed by atoms with Crippen LogP contribution in [-0.2, 0) is 11.3 Å². The number of amides is 1. The Morgan fingerprint density at radius 1 is 0.971 bits per heavy atom. The largest absolute Gasteiger partial charge is 0.489 e. The van der Waals surface area contributed by atoms with Crippen molar-refractivity contribution in [1.29, 1.82) is 0 Å². The van der Waals surface area contributed by atoms with Gasteiger partial charge in [0.05, 0.1) is 30.5 Å². The number of carbonyl (C=O) groups excluding carboxylic acids is 1. The number of benzene rings is 3. The number of morpholine rings is 1. The third-order valence-electron chi connectivity index (χ3n) is 7.41. The quantitative estimate of drug-likeness (QED) is 0.500. The monoisotopic (exact) mass is 466 g/mol. The average Bonchev–Trinajstić information content (AvgIpc) is 3.43. The summed E-state index contributed by atoms with van der Waals surface area (Å²) in [7, 11) is 0. The average molecular weight is 467 g/mol. The van der Waals surface area contributed by atoms with Gasteiger partial charge in [-0.05, 0) is 47.2 Å². The van der Waals surface area contributed by atoms with Gasteiger partial charge in [0.1, 0.15) is 12.4 Å². The predicted molar refractivity (Wildman–Crippen MR) is 137 cm³/mol. The van der Waals surface area contributed by atoms with Crippen LogP contribution in [0.15, 0.2) is 84.9 Å². The highest BCUT2D eigenvalue weighted by atomic mass is 16.5. The second kappa shape index (κ2) is 9.59. The Morgan fingerprint density at radius 3 is 2.57 bits per heavy atom. The van der Waals surface area contributed by atoms with Crippen molar-refractivity contribution in [2.45, 2.75) is 25.0 Å². The first-order valence-corrected chi connectivity index (χ1v) is 12.5. The normalized spacial score (nSPS) is 22.7. The maximum Gasteiger partial charge on any atom is 0.256 e. The van der Waals surface area contributed by atoms with Gasteiger partial charge in [-0.15, -0.1) is 0 Å². The van der Waals surface area contributed by atoms with Crippen molar-refractivity contribution in [2.24, 2.45) is 5.92 Å². The zero-order chi connectivity index (χ0) is 23.6. The Morgan fingerprint density at radius 2 is 1.77 bits per heavy atom. The molecule has 0 saturated carbocycles. The fourth-order valence-electron chi connectivity index (χ4n) is 5.58. The van der Waals surface area contributed by atoms with Crippen LogP contribution in [0.2, 0.25) is 0 Å². The molecule has 5 heteroatoms. The summed E-state index contributed by atoms with van der Waals surface area (Å²) in [6.07, 6.45) is 5.63. The molecule has 2 aliphatic heterocycles. The van der Waals surface area contributed by atoms with Crippen molar-refractivity contribution in [2.75, 3.05) is 31.6 Å². The van der Waals surface area contributed by atoms with Crippen molar-refractivity contribution in [3.63, 3.8) is 0 Å². The molecule has 178 valence electrons. The number of anilines is 1. The van der Waals surface area contributed by atoms with E-state index in [1.165, 1.54) is 11.1 Å². The fraction of sp³-hybridized carbons (Fsp3) is 0.300. The van der Waals surface area contributed by atoms with Gasteiger partial charge >= 0.3 is 0 Å². The molecule has 35 heavy (non-hydrogen) atoms. The summed E-state index contributed by atoms with van der Waals surface area (Å²) >= 11 is 0. The van der Waals surface area contributed by atoms with E-state index in [1.807, 2.05) is 35.2 Å². The smallest absolute Gasteiger partial charge is 0.256 e. The molecule has 3 aliphatic rings. The molecule has 3 aromatic rings. The number of allylic oxidation sites excluding steroid dienone is 2. The number of carbonyl (C=O) groups is 1. The minimum atomic E-state index is 0.0847. The van der Waals surface area contributed by atoms with E-state index in [0.29, 0.717) is 44.7 Å². The molecule has 1 N–H and O–H groups in total. The van der Waals surface area contributed by atoms with E-state index in [9.17, 15) is 4.79 Å². The van der Waals surface area contributed by atoms with Gasteiger partial charge in [0.15, 0.2) is 0 Å². The maximum atomic E-state index is 13.4. The van der Waals surface area contributed by atoms with Crippen LogP contribution in [0.3, 0.4) is 0 Å². The van der Waals surface area contributed by atoms with Gasteiger partial charge < -0.3 is 19.7 Å². The van der Waals surface area contributed by atoms with E-state index in [-0.39, 0.29) is 11.9 Å². The third-order valence-corrected chi connectivity index (χ3v) is 7.41. The standard InChI is InChI=1S/C30H30N2O3/c33-30(32-16-18-34-19-17-32)27-11-5-10-26-24-8-4-9-25(24)28(31-29(26)27)22-12-14-23(15-13-22)35-20-21-6-2-1-3-7-21/h1-8,10-15,24-25,28,31H,9,16-20H2. The van der Waals surface area contributed by atoms with Crippen LogP contribution in [-0.4, -0.2) is 37.1 Å². The lowest BCUT2D eigenvalue weighted by Crippen LogP contribution is -2.41. The number of nitrogens with zero attached hydrogens (tertiary/aromatic N) is 1. The van der Waals surface area contributed by atoms with Gasteiger partial charge in [0.25, 0.3) is 5.91 Å². The Hall–Kier alpha value is -3.57. The van der Waals surface area contributed by atoms with Crippen LogP contribution in [0.1, 0.15) is 45.4 Å². The molecule has 1 saturated heterocycles. The molecule has 0 aromatic heterocycles. The number of hydrogen-bond donors (Lipinski definition) is 1. The fourth-order valence-corrected chi connectivity index (χ4v) is 5.58. The van der Waals surface area contributed by atoms with Crippen LogP contribution < -0.4 is 10.1 Å². The van der Waals surface area contributed by atoms with E-state index in [4.69, 9.17) is 9.47 Å². The van der Waals surface area contributed by atoms with Gasteiger partial charge in [0.2, 0.25) is 0 Å². The van der Waals surface area contributed by atoms with E-state index < -0.39 is 0 Å². The van der Waals surface area contributed by atoms with Crippen LogP contribution in [0.25, 0.3) is 0 Å². The van der Waals surface area contributed by atoms with Gasteiger partial charge in [-0.3, -0.25) is 4.79 Å². The molecule has 3 unspecified atom stereocenters. The second-order valence-corrected chi connectivity index (χ2v) is 9.49. The number of hydrogen-bond acceptors (Lipinski definition) is 4. The number of ether oxygens (including phenoxy) is 2. The van der Waals surface area contributed by atoms with Gasteiger partial charge in [-0.1, -0.05) is 66.7 Å². The third kappa shape index (κ3) is 4.32. The van der Waals surface area contributed by atoms with E-state index >= 15 is 0 Å². The van der Waals surface area contributed by atoms with Crippen molar-refractivity contribution >= 4 is 11.6 Å². The van der Waals surface area contributed by atoms with E-state index in [2.05, 4.69) is 59.9 Å². The molecule has 2 heterocycles. The molecule has 0 radical (unpaired) electrons. The van der Waals surface area contributed by atoms with E-state index in [1.54, 1.807) is 0 Å². The summed E-state index contributed by atoms with van der Waals surface area (Å²) in [5.41, 5.74) is 5.33. The van der Waals surface area contributed by atoms with Crippen LogP contribution >= 0.6 is 0 Å². The number of rotatable bonds is 5. The summed E-state index contributed by atoms with van der Waals surface area (Å²) in [4.78, 5) is 15.3. The number of fused-ring (bicyclic) bond motifs is 3. The second-order valence-electron chi connectivity index (χ2n) is 9.49. The molecule has 6 rings (SSSR count). The summed E-state index contributed by atoms with van der Waals surface area (Å²) < 4.78 is 11.5. The molecule has 1 aliphatic carbocycles. The van der Waals surface area contributed by atoms with Gasteiger partial charge in [0, 0.05) is 19.0 Å². The molecule has 1 amide bonds. The SMILES string of the molecule is O=C(c1cccc2c1NC(c1ccc(OCc3ccccc3)cc1)C1CC=CC21)N1CCOCC1. The first kappa shape index (κ1) is 21.9. The molecule has 0 spiro atoms. The summed E-state index contributed by atoms with van der Waals surface area (Å²) in [5, 5.41) is 3.79. The molecule has 1 fully saturated rings. The van der Waals surface area contributed by atoms with Gasteiger partial charge in [-0.25, -0.2) is 0 Å². The predicted octanol–water partition coefficient (Wildman–Crippen LogP) is 5.56. The van der Waals surface area contributed by atoms with Crippen molar-refractivity contribution in [3.05, 3.63) is 107 Å². The molecule has 0 bridgehead atoms. The van der Waals surface area contributed by atoms with Crippen molar-refractivity contribution in [1.82, 2.24) is 4.90 Å². The lowest BCUT2D eigenvalue weighted by molar-refractivity contribution is 0.0303. The highest BCUT2D eigenvalue weighted by Crippen LogP contribution is 2.50. The van der Waals surface area contributed by atoms with E-state index in [0.717, 1.165) is 29.0 Å². The Balaban J connectivity index is 1.25. The maximum absolute atomic E-state index is 13.4. The first-order chi connectivity index (χ1) is 17.3. The highest BCUT2D eigenvalue weighted by Gasteiger charge is 2.39. The molecular weight excluding hydrogens is 436 g/mol. The molecular formula is C30H30N2O3. The Kier molecular flexibility index (Phi) is 6.01. The summed E-state index contributed by atoms with van der Waals surface area (Å²) in [6.45, 7) is 3.04. The summed E-state index contributed by atoms with van der Waals surface area (Å²) in [6, 6.07) is 24.9. The molecule has 5 nitrogen and oxygen atoms in total. The lowest BCUT2D eigenvalue weighted by atomic mass is 9.76. The molecule has 3 aromatic carbocycles. The number of para-hydroxylation sites is 1. The highest BCUT2D eigenvalue weighted by molar-refractivity contribution is 6.01. The first-order valence-electron chi connectivity index (χ1n) is 12.5. The number of nitrogens with one attached hydrogen (secondary N) is 1. The van der Waals surface area contributed by atoms with Crippen LogP contribution in [0.4, 0.5) is 5.69 Å². The zero-order valence-corrected chi connectivity index (χ0v) is 19.7. The Bertz CT molecular complexity index is 1220. The van der Waals surface area contributed by atoms with Gasteiger partial charge in [-0.2, -0.15) is 0 Å². The van der Waals surface area contributed by atoms with Crippen LogP contribution in [0, 0.1) is 5.92 Å². The summed E-state index contributed by atoms with van der Waals surface area (Å²) in [5.74, 6) is 1.68. The minimum absolute atomic E-state index is 0.0847. The van der Waals surface area contributed by atoms with Crippen LogP contribution in [0.5, 0.6) is 5.75 Å². The van der Waals surface area contributed by atoms with Crippen molar-refractivity contribution < 1.29 is 14.3 Å². The lowest BCUT2D eigenvalue weighted by Gasteiger charge is -2.39. The minimum Gasteiger partial charge on any atom is -0.489 e. The zero-order valence-electron chi connectivity index (χ0n) is 19.7. The Labute approximate surface area is 206 Å².